The molecule has 2 aromatic heterocycles. The van der Waals surface area contributed by atoms with Gasteiger partial charge in [-0.15, -0.1) is 11.3 Å². The van der Waals surface area contributed by atoms with Crippen LogP contribution < -0.4 is 9.47 Å². The minimum Gasteiger partial charge on any atom is -0.490 e. The number of benzene rings is 2. The third-order valence-corrected chi connectivity index (χ3v) is 7.42. The van der Waals surface area contributed by atoms with Gasteiger partial charge in [0.2, 0.25) is 0 Å². The number of rotatable bonds is 2. The molecule has 2 aromatic carbocycles. The Morgan fingerprint density at radius 1 is 1.06 bits per heavy atom. The molecular weight excluding hydrogens is 432 g/mol. The minimum atomic E-state index is -0.0597. The molecule has 1 amide bonds. The average molecular weight is 457 g/mol. The fourth-order valence-corrected chi connectivity index (χ4v) is 5.50. The van der Waals surface area contributed by atoms with Crippen LogP contribution in [-0.2, 0) is 6.42 Å². The number of para-hydroxylation sites is 1. The molecule has 0 spiro atoms. The third-order valence-electron chi connectivity index (χ3n) is 6.53. The monoisotopic (exact) mass is 456 g/mol. The largest absolute Gasteiger partial charge is 0.490 e. The van der Waals surface area contributed by atoms with Crippen LogP contribution in [0.5, 0.6) is 11.5 Å². The first-order valence-corrected chi connectivity index (χ1v) is 12.2. The van der Waals surface area contributed by atoms with E-state index in [9.17, 15) is 4.79 Å². The smallest absolute Gasteiger partial charge is 0.255 e. The number of hydrogen-bond acceptors (Lipinski definition) is 5. The highest BCUT2D eigenvalue weighted by molar-refractivity contribution is 7.13. The Hall–Kier alpha value is -3.38. The second-order valence-corrected chi connectivity index (χ2v) is 9.47. The van der Waals surface area contributed by atoms with Crippen molar-refractivity contribution in [1.82, 2.24) is 9.88 Å². The number of ether oxygens (including phenoxy) is 2. The highest BCUT2D eigenvalue weighted by Gasteiger charge is 2.31. The van der Waals surface area contributed by atoms with Gasteiger partial charge in [0.05, 0.1) is 40.9 Å². The molecule has 166 valence electrons. The van der Waals surface area contributed by atoms with Gasteiger partial charge in [-0.3, -0.25) is 4.79 Å². The van der Waals surface area contributed by atoms with Crippen molar-refractivity contribution >= 4 is 28.1 Å². The van der Waals surface area contributed by atoms with E-state index in [0.717, 1.165) is 51.4 Å². The minimum absolute atomic E-state index is 0.0386. The van der Waals surface area contributed by atoms with Gasteiger partial charge in [0, 0.05) is 18.4 Å². The lowest BCUT2D eigenvalue weighted by atomic mass is 9.92. The van der Waals surface area contributed by atoms with E-state index in [1.54, 1.807) is 11.3 Å². The van der Waals surface area contributed by atoms with Crippen molar-refractivity contribution in [3.05, 3.63) is 76.7 Å². The highest BCUT2D eigenvalue weighted by Crippen LogP contribution is 2.40. The van der Waals surface area contributed by atoms with Crippen LogP contribution in [0.15, 0.2) is 60.0 Å². The van der Waals surface area contributed by atoms with Gasteiger partial charge >= 0.3 is 0 Å². The standard InChI is InChI=1S/C27H24N2O3S/c1-17-20-16-25-24(31-11-5-12-32-25)14-18(20)9-10-29(17)27(30)21-15-23(26-8-4-13-33-26)28-22-7-3-2-6-19(21)22/h2-4,6-8,13-17H,5,9-12H2,1H3/t17-/m1/s1. The fourth-order valence-electron chi connectivity index (χ4n) is 4.81. The van der Waals surface area contributed by atoms with Crippen molar-refractivity contribution in [2.75, 3.05) is 19.8 Å². The van der Waals surface area contributed by atoms with Crippen LogP contribution in [0.2, 0.25) is 0 Å². The lowest BCUT2D eigenvalue weighted by Gasteiger charge is -2.36. The fraction of sp³-hybridized carbons (Fsp3) is 0.259. The van der Waals surface area contributed by atoms with E-state index >= 15 is 0 Å². The van der Waals surface area contributed by atoms with E-state index in [4.69, 9.17) is 14.5 Å². The van der Waals surface area contributed by atoms with Crippen LogP contribution in [0.25, 0.3) is 21.5 Å². The molecule has 0 N–H and O–H groups in total. The number of nitrogens with zero attached hydrogens (tertiary/aromatic N) is 2. The third kappa shape index (κ3) is 3.55. The zero-order valence-corrected chi connectivity index (χ0v) is 19.2. The summed E-state index contributed by atoms with van der Waals surface area (Å²) < 4.78 is 11.8. The quantitative estimate of drug-likeness (QED) is 0.378. The van der Waals surface area contributed by atoms with E-state index in [-0.39, 0.29) is 11.9 Å². The van der Waals surface area contributed by atoms with Crippen molar-refractivity contribution in [2.45, 2.75) is 25.8 Å². The molecule has 0 radical (unpaired) electrons. The Labute approximate surface area is 196 Å². The van der Waals surface area contributed by atoms with E-state index in [0.29, 0.717) is 25.3 Å². The summed E-state index contributed by atoms with van der Waals surface area (Å²) in [5.74, 6) is 1.64. The first-order valence-electron chi connectivity index (χ1n) is 11.4. The summed E-state index contributed by atoms with van der Waals surface area (Å²) in [4.78, 5) is 21.8. The average Bonchev–Trinajstić information content (AvgIpc) is 3.29. The summed E-state index contributed by atoms with van der Waals surface area (Å²) in [6, 6.07) is 18.0. The lowest BCUT2D eigenvalue weighted by molar-refractivity contribution is 0.0679. The maximum absolute atomic E-state index is 13.9. The van der Waals surface area contributed by atoms with Crippen LogP contribution in [0.3, 0.4) is 0 Å². The summed E-state index contributed by atoms with van der Waals surface area (Å²) in [5, 5.41) is 2.92. The molecule has 0 saturated carbocycles. The Morgan fingerprint density at radius 2 is 1.88 bits per heavy atom. The normalized spacial score (nSPS) is 17.5. The predicted molar refractivity (Wildman–Crippen MR) is 130 cm³/mol. The zero-order chi connectivity index (χ0) is 22.4. The Morgan fingerprint density at radius 3 is 2.70 bits per heavy atom. The van der Waals surface area contributed by atoms with Crippen molar-refractivity contribution in [1.29, 1.82) is 0 Å². The van der Waals surface area contributed by atoms with Gasteiger partial charge in [0.15, 0.2) is 11.5 Å². The van der Waals surface area contributed by atoms with Gasteiger partial charge in [-0.05, 0) is 60.2 Å². The second-order valence-electron chi connectivity index (χ2n) is 8.52. The number of fused-ring (bicyclic) bond motifs is 3. The first-order chi connectivity index (χ1) is 16.2. The summed E-state index contributed by atoms with van der Waals surface area (Å²) in [5.41, 5.74) is 4.75. The van der Waals surface area contributed by atoms with Crippen molar-refractivity contribution in [2.24, 2.45) is 0 Å². The Kier molecular flexibility index (Phi) is 5.03. The number of carbonyl (C=O) groups excluding carboxylic acids is 1. The summed E-state index contributed by atoms with van der Waals surface area (Å²) in [6.45, 7) is 4.09. The van der Waals surface area contributed by atoms with E-state index < -0.39 is 0 Å². The van der Waals surface area contributed by atoms with Crippen molar-refractivity contribution in [3.8, 4) is 22.1 Å². The molecule has 0 saturated heterocycles. The highest BCUT2D eigenvalue weighted by atomic mass is 32.1. The molecular formula is C27H24N2O3S. The van der Waals surface area contributed by atoms with Crippen LogP contribution in [0, 0.1) is 0 Å². The maximum atomic E-state index is 13.9. The van der Waals surface area contributed by atoms with Crippen LogP contribution in [0.1, 0.15) is 40.9 Å². The molecule has 0 unspecified atom stereocenters. The van der Waals surface area contributed by atoms with Crippen molar-refractivity contribution < 1.29 is 14.3 Å². The first kappa shape index (κ1) is 20.2. The van der Waals surface area contributed by atoms with Gasteiger partial charge in [0.1, 0.15) is 0 Å². The predicted octanol–water partition coefficient (Wildman–Crippen LogP) is 5.88. The molecule has 4 heterocycles. The van der Waals surface area contributed by atoms with Gasteiger partial charge < -0.3 is 14.4 Å². The molecule has 6 rings (SSSR count). The van der Waals surface area contributed by atoms with E-state index in [1.807, 2.05) is 52.7 Å². The van der Waals surface area contributed by atoms with Crippen molar-refractivity contribution in [3.63, 3.8) is 0 Å². The molecule has 0 aliphatic carbocycles. The van der Waals surface area contributed by atoms with E-state index in [2.05, 4.69) is 19.1 Å². The Bertz CT molecular complexity index is 1350. The van der Waals surface area contributed by atoms with Gasteiger partial charge in [0.25, 0.3) is 5.91 Å². The molecule has 6 heteroatoms. The van der Waals surface area contributed by atoms with Crippen LogP contribution in [-0.4, -0.2) is 35.5 Å². The molecule has 5 nitrogen and oxygen atoms in total. The number of amides is 1. The van der Waals surface area contributed by atoms with E-state index in [1.165, 1.54) is 5.56 Å². The van der Waals surface area contributed by atoms with Crippen LogP contribution in [0.4, 0.5) is 0 Å². The number of hydrogen-bond donors (Lipinski definition) is 0. The summed E-state index contributed by atoms with van der Waals surface area (Å²) >= 11 is 1.63. The molecule has 0 bridgehead atoms. The lowest BCUT2D eigenvalue weighted by Crippen LogP contribution is -2.39. The number of thiophene rings is 1. The zero-order valence-electron chi connectivity index (χ0n) is 18.4. The molecule has 33 heavy (non-hydrogen) atoms. The number of carbonyl (C=O) groups is 1. The number of pyridine rings is 1. The Balaban J connectivity index is 1.40. The summed E-state index contributed by atoms with van der Waals surface area (Å²) in [7, 11) is 0. The number of aromatic nitrogens is 1. The molecule has 1 atom stereocenters. The summed E-state index contributed by atoms with van der Waals surface area (Å²) in [6.07, 6.45) is 1.67. The molecule has 2 aliphatic rings. The second kappa shape index (κ2) is 8.19. The van der Waals surface area contributed by atoms with Gasteiger partial charge in [-0.1, -0.05) is 24.3 Å². The topological polar surface area (TPSA) is 51.7 Å². The van der Waals surface area contributed by atoms with Gasteiger partial charge in [-0.2, -0.15) is 0 Å². The maximum Gasteiger partial charge on any atom is 0.255 e. The molecule has 2 aliphatic heterocycles. The van der Waals surface area contributed by atoms with Gasteiger partial charge in [-0.25, -0.2) is 4.98 Å². The molecule has 4 aromatic rings. The SMILES string of the molecule is C[C@@H]1c2cc3c(cc2CCN1C(=O)c1cc(-c2cccs2)nc2ccccc12)OCCCO3. The molecule has 0 fully saturated rings. The van der Waals surface area contributed by atoms with Crippen LogP contribution >= 0.6 is 11.3 Å².